The Morgan fingerprint density at radius 2 is 1.88 bits per heavy atom. The molecule has 0 atom stereocenters. The highest BCUT2D eigenvalue weighted by Crippen LogP contribution is 2.27. The molecule has 1 aliphatic carbocycles. The minimum absolute atomic E-state index is 0.233. The highest BCUT2D eigenvalue weighted by molar-refractivity contribution is 5.79. The molecule has 0 aromatic carbocycles. The van der Waals surface area contributed by atoms with Crippen LogP contribution in [0.3, 0.4) is 0 Å². The summed E-state index contributed by atoms with van der Waals surface area (Å²) < 4.78 is 0. The molecule has 3 nitrogen and oxygen atoms in total. The summed E-state index contributed by atoms with van der Waals surface area (Å²) in [6.07, 6.45) is 7.87. The van der Waals surface area contributed by atoms with Crippen LogP contribution in [0.15, 0.2) is 0 Å². The van der Waals surface area contributed by atoms with E-state index in [-0.39, 0.29) is 5.92 Å². The second-order valence-corrected chi connectivity index (χ2v) is 5.18. The van der Waals surface area contributed by atoms with Crippen LogP contribution in [0, 0.1) is 5.92 Å². The molecule has 1 aliphatic rings. The minimum Gasteiger partial charge on any atom is -0.338 e. The molecule has 0 saturated heterocycles. The van der Waals surface area contributed by atoms with Crippen LogP contribution in [-0.4, -0.2) is 29.9 Å². The SMILES string of the molecule is CCCC(CCC)C(=O)N(CCN)C1CCC1. The van der Waals surface area contributed by atoms with Crippen LogP contribution in [0.4, 0.5) is 0 Å². The smallest absolute Gasteiger partial charge is 0.225 e. The molecule has 100 valence electrons. The van der Waals surface area contributed by atoms with Crippen molar-refractivity contribution in [1.29, 1.82) is 0 Å². The van der Waals surface area contributed by atoms with Gasteiger partial charge in [-0.3, -0.25) is 4.79 Å². The summed E-state index contributed by atoms with van der Waals surface area (Å²) in [5.41, 5.74) is 5.64. The number of carbonyl (C=O) groups excluding carboxylic acids is 1. The van der Waals surface area contributed by atoms with Gasteiger partial charge in [-0.1, -0.05) is 26.7 Å². The van der Waals surface area contributed by atoms with Gasteiger partial charge in [-0.25, -0.2) is 0 Å². The van der Waals surface area contributed by atoms with Gasteiger partial charge in [0.1, 0.15) is 0 Å². The summed E-state index contributed by atoms with van der Waals surface area (Å²) in [6.45, 7) is 5.65. The van der Waals surface area contributed by atoms with Crippen molar-refractivity contribution < 1.29 is 4.79 Å². The van der Waals surface area contributed by atoms with Crippen molar-refractivity contribution in [2.24, 2.45) is 11.7 Å². The summed E-state index contributed by atoms with van der Waals surface area (Å²) in [4.78, 5) is 14.6. The van der Waals surface area contributed by atoms with Crippen molar-refractivity contribution in [2.45, 2.75) is 64.8 Å². The number of carbonyl (C=O) groups is 1. The van der Waals surface area contributed by atoms with Gasteiger partial charge in [0.25, 0.3) is 0 Å². The second-order valence-electron chi connectivity index (χ2n) is 5.18. The lowest BCUT2D eigenvalue weighted by molar-refractivity contribution is -0.140. The fourth-order valence-corrected chi connectivity index (χ4v) is 2.63. The Morgan fingerprint density at radius 1 is 1.29 bits per heavy atom. The summed E-state index contributed by atoms with van der Waals surface area (Å²) in [6, 6.07) is 0.488. The molecule has 0 spiro atoms. The largest absolute Gasteiger partial charge is 0.338 e. The van der Waals surface area contributed by atoms with Crippen LogP contribution >= 0.6 is 0 Å². The third-order valence-electron chi connectivity index (χ3n) is 3.79. The fourth-order valence-electron chi connectivity index (χ4n) is 2.63. The molecule has 0 aliphatic heterocycles. The first-order chi connectivity index (χ1) is 8.24. The molecule has 0 unspecified atom stereocenters. The molecule has 0 bridgehead atoms. The van der Waals surface area contributed by atoms with Crippen LogP contribution < -0.4 is 5.73 Å². The predicted octanol–water partition coefficient (Wildman–Crippen LogP) is 2.54. The highest BCUT2D eigenvalue weighted by atomic mass is 16.2. The molecule has 1 amide bonds. The molecule has 0 aromatic rings. The quantitative estimate of drug-likeness (QED) is 0.708. The first-order valence-corrected chi connectivity index (χ1v) is 7.25. The standard InChI is InChI=1S/C14H28N2O/c1-3-6-12(7-4-2)14(17)16(11-10-15)13-8-5-9-13/h12-13H,3-11,15H2,1-2H3. The van der Waals surface area contributed by atoms with Crippen LogP contribution in [0.2, 0.25) is 0 Å². The molecule has 1 fully saturated rings. The molecule has 1 saturated carbocycles. The van der Waals surface area contributed by atoms with E-state index in [0.717, 1.165) is 32.2 Å². The Morgan fingerprint density at radius 3 is 2.24 bits per heavy atom. The molecular weight excluding hydrogens is 212 g/mol. The van der Waals surface area contributed by atoms with Crippen molar-refractivity contribution in [3.8, 4) is 0 Å². The van der Waals surface area contributed by atoms with Gasteiger partial charge < -0.3 is 10.6 Å². The van der Waals surface area contributed by atoms with Crippen LogP contribution in [0.5, 0.6) is 0 Å². The van der Waals surface area contributed by atoms with E-state index in [1.54, 1.807) is 0 Å². The van der Waals surface area contributed by atoms with Crippen LogP contribution in [0.25, 0.3) is 0 Å². The average molecular weight is 240 g/mol. The highest BCUT2D eigenvalue weighted by Gasteiger charge is 2.31. The predicted molar refractivity (Wildman–Crippen MR) is 71.7 cm³/mol. The number of rotatable bonds is 8. The van der Waals surface area contributed by atoms with E-state index in [2.05, 4.69) is 18.7 Å². The number of amides is 1. The van der Waals surface area contributed by atoms with E-state index in [4.69, 9.17) is 5.73 Å². The van der Waals surface area contributed by atoms with Gasteiger partial charge in [0.15, 0.2) is 0 Å². The molecule has 1 rings (SSSR count). The van der Waals surface area contributed by atoms with Crippen LogP contribution in [-0.2, 0) is 4.79 Å². The van der Waals surface area contributed by atoms with E-state index >= 15 is 0 Å². The lowest BCUT2D eigenvalue weighted by Gasteiger charge is -2.39. The van der Waals surface area contributed by atoms with Gasteiger partial charge in [0.2, 0.25) is 5.91 Å². The van der Waals surface area contributed by atoms with Crippen LogP contribution in [0.1, 0.15) is 58.8 Å². The number of nitrogens with zero attached hydrogens (tertiary/aromatic N) is 1. The molecule has 3 heteroatoms. The zero-order chi connectivity index (χ0) is 12.7. The topological polar surface area (TPSA) is 46.3 Å². The summed E-state index contributed by atoms with van der Waals surface area (Å²) in [5, 5.41) is 0. The van der Waals surface area contributed by atoms with Crippen molar-refractivity contribution in [3.05, 3.63) is 0 Å². The van der Waals surface area contributed by atoms with Gasteiger partial charge in [-0.2, -0.15) is 0 Å². The van der Waals surface area contributed by atoms with Gasteiger partial charge in [-0.15, -0.1) is 0 Å². The normalized spacial score (nSPS) is 16.0. The van der Waals surface area contributed by atoms with Crippen molar-refractivity contribution in [2.75, 3.05) is 13.1 Å². The Balaban J connectivity index is 2.58. The van der Waals surface area contributed by atoms with Gasteiger partial charge >= 0.3 is 0 Å². The van der Waals surface area contributed by atoms with Crippen molar-refractivity contribution in [1.82, 2.24) is 4.90 Å². The zero-order valence-electron chi connectivity index (χ0n) is 11.5. The van der Waals surface area contributed by atoms with E-state index in [9.17, 15) is 4.79 Å². The lowest BCUT2D eigenvalue weighted by Crippen LogP contribution is -2.48. The van der Waals surface area contributed by atoms with Crippen molar-refractivity contribution >= 4 is 5.91 Å². The second kappa shape index (κ2) is 7.70. The third-order valence-corrected chi connectivity index (χ3v) is 3.79. The molecule has 2 N–H and O–H groups in total. The monoisotopic (exact) mass is 240 g/mol. The number of nitrogens with two attached hydrogens (primary N) is 1. The van der Waals surface area contributed by atoms with E-state index in [1.807, 2.05) is 0 Å². The van der Waals surface area contributed by atoms with Gasteiger partial charge in [0, 0.05) is 25.0 Å². The Labute approximate surface area is 106 Å². The Bertz CT molecular complexity index is 220. The Hall–Kier alpha value is -0.570. The molecule has 17 heavy (non-hydrogen) atoms. The van der Waals surface area contributed by atoms with Gasteiger partial charge in [0.05, 0.1) is 0 Å². The summed E-state index contributed by atoms with van der Waals surface area (Å²) in [7, 11) is 0. The molecular formula is C14H28N2O. The summed E-state index contributed by atoms with van der Waals surface area (Å²) in [5.74, 6) is 0.598. The van der Waals surface area contributed by atoms with E-state index in [0.29, 0.717) is 18.5 Å². The summed E-state index contributed by atoms with van der Waals surface area (Å²) >= 11 is 0. The Kier molecular flexibility index (Phi) is 6.56. The number of hydrogen-bond acceptors (Lipinski definition) is 2. The average Bonchev–Trinajstić information content (AvgIpc) is 2.25. The van der Waals surface area contributed by atoms with Crippen molar-refractivity contribution in [3.63, 3.8) is 0 Å². The molecule has 0 heterocycles. The minimum atomic E-state index is 0.233. The fraction of sp³-hybridized carbons (Fsp3) is 0.929. The van der Waals surface area contributed by atoms with E-state index in [1.165, 1.54) is 19.3 Å². The maximum absolute atomic E-state index is 12.5. The maximum Gasteiger partial charge on any atom is 0.225 e. The lowest BCUT2D eigenvalue weighted by atomic mass is 9.89. The molecule has 0 radical (unpaired) electrons. The number of hydrogen-bond donors (Lipinski definition) is 1. The third kappa shape index (κ3) is 3.98. The maximum atomic E-state index is 12.5. The zero-order valence-corrected chi connectivity index (χ0v) is 11.5. The molecule has 0 aromatic heterocycles. The first kappa shape index (κ1) is 14.5. The van der Waals surface area contributed by atoms with E-state index < -0.39 is 0 Å². The van der Waals surface area contributed by atoms with Gasteiger partial charge in [-0.05, 0) is 32.1 Å². The first-order valence-electron chi connectivity index (χ1n) is 7.25.